The van der Waals surface area contributed by atoms with Crippen LogP contribution >= 0.6 is 0 Å². The summed E-state index contributed by atoms with van der Waals surface area (Å²) in [5.41, 5.74) is 2.92. The number of aliphatic hydroxyl groups excluding tert-OH is 4. The Hall–Kier alpha value is -1.29. The molecule has 0 spiro atoms. The van der Waals surface area contributed by atoms with Crippen LogP contribution in [-0.2, 0) is 14.3 Å². The molecule has 8 nitrogen and oxygen atoms in total. The molecule has 43 heavy (non-hydrogen) atoms. The predicted octanol–water partition coefficient (Wildman–Crippen LogP) is 4.98. The highest BCUT2D eigenvalue weighted by molar-refractivity contribution is 5.85. The van der Waals surface area contributed by atoms with Gasteiger partial charge in [-0.2, -0.15) is 0 Å². The Balaban J connectivity index is 1.49. The Morgan fingerprint density at radius 1 is 1.05 bits per heavy atom. The summed E-state index contributed by atoms with van der Waals surface area (Å²) in [5, 5.41) is 51.9. The van der Waals surface area contributed by atoms with Gasteiger partial charge in [0.1, 0.15) is 18.3 Å². The largest absolute Gasteiger partial charge is 0.478 e. The molecule has 0 aromatic heterocycles. The van der Waals surface area contributed by atoms with Gasteiger partial charge in [0.25, 0.3) is 0 Å². The minimum Gasteiger partial charge on any atom is -0.478 e. The molecule has 5 rings (SSSR count). The van der Waals surface area contributed by atoms with E-state index in [2.05, 4.69) is 41.5 Å². The van der Waals surface area contributed by atoms with Gasteiger partial charge in [-0.05, 0) is 104 Å². The molecule has 0 radical (unpaired) electrons. The fraction of sp³-hybridized carbons (Fsp3) is 0.857. The Kier molecular flexibility index (Phi) is 8.85. The van der Waals surface area contributed by atoms with Crippen molar-refractivity contribution in [1.29, 1.82) is 0 Å². The molecule has 0 bridgehead atoms. The van der Waals surface area contributed by atoms with Crippen LogP contribution < -0.4 is 0 Å². The zero-order valence-electron chi connectivity index (χ0n) is 27.3. The summed E-state index contributed by atoms with van der Waals surface area (Å²) in [7, 11) is 0. The molecule has 4 fully saturated rings. The fourth-order valence-corrected chi connectivity index (χ4v) is 10.9. The van der Waals surface area contributed by atoms with Crippen molar-refractivity contribution in [3.05, 3.63) is 22.8 Å². The second-order valence-electron chi connectivity index (χ2n) is 16.0. The van der Waals surface area contributed by atoms with E-state index in [9.17, 15) is 30.3 Å². The summed E-state index contributed by atoms with van der Waals surface area (Å²) in [6.45, 7) is 15.5. The average Bonchev–Trinajstić information content (AvgIpc) is 3.29. The molecule has 1 heterocycles. The molecule has 0 aromatic carbocycles. The maximum Gasteiger partial charge on any atom is 0.330 e. The number of hydrogen-bond donors (Lipinski definition) is 5. The maximum absolute atomic E-state index is 11.3. The molecule has 0 aromatic rings. The highest BCUT2D eigenvalue weighted by atomic mass is 16.7. The van der Waals surface area contributed by atoms with Gasteiger partial charge in [0.15, 0.2) is 6.29 Å². The SMILES string of the molecule is C/C(=C\CC[C@H](C)C1=C2CC[C@@H]3[C@@]4(C)CC[C@@H](O)C(C)(C)[C@@H]4[C@@H](OC4OCC(O)C(O)C4O)C[C@@]3(C)[C@]2(C)CC1)C(=O)O. The molecule has 1 saturated heterocycles. The van der Waals surface area contributed by atoms with Crippen molar-refractivity contribution >= 4 is 5.97 Å². The molecule has 0 amide bonds. The molecule has 3 saturated carbocycles. The summed E-state index contributed by atoms with van der Waals surface area (Å²) in [4.78, 5) is 11.3. The van der Waals surface area contributed by atoms with Crippen molar-refractivity contribution in [3.63, 3.8) is 0 Å². The molecule has 244 valence electrons. The lowest BCUT2D eigenvalue weighted by Crippen LogP contribution is -2.68. The lowest BCUT2D eigenvalue weighted by molar-refractivity contribution is -0.323. The third kappa shape index (κ3) is 5.16. The van der Waals surface area contributed by atoms with Crippen LogP contribution in [0, 0.1) is 39.4 Å². The summed E-state index contributed by atoms with van der Waals surface area (Å²) in [6, 6.07) is 0. The molecular formula is C35H56O8. The van der Waals surface area contributed by atoms with Crippen LogP contribution in [0.4, 0.5) is 0 Å². The first kappa shape index (κ1) is 33.1. The van der Waals surface area contributed by atoms with E-state index in [1.54, 1.807) is 18.1 Å². The average molecular weight is 605 g/mol. The number of aliphatic carboxylic acids is 1. The second-order valence-corrected chi connectivity index (χ2v) is 16.0. The Labute approximate surface area is 257 Å². The zero-order valence-corrected chi connectivity index (χ0v) is 27.3. The fourth-order valence-electron chi connectivity index (χ4n) is 10.9. The van der Waals surface area contributed by atoms with Crippen molar-refractivity contribution in [2.24, 2.45) is 39.4 Å². The molecule has 4 unspecified atom stereocenters. The number of allylic oxidation sites excluding steroid dienone is 3. The molecule has 4 aliphatic carbocycles. The van der Waals surface area contributed by atoms with Crippen LogP contribution in [-0.4, -0.2) is 74.9 Å². The predicted molar refractivity (Wildman–Crippen MR) is 163 cm³/mol. The van der Waals surface area contributed by atoms with E-state index in [0.29, 0.717) is 17.4 Å². The Morgan fingerprint density at radius 2 is 1.74 bits per heavy atom. The van der Waals surface area contributed by atoms with Gasteiger partial charge in [-0.3, -0.25) is 0 Å². The normalized spacial score (nSPS) is 47.0. The smallest absolute Gasteiger partial charge is 0.330 e. The number of aliphatic hydroxyl groups is 4. The van der Waals surface area contributed by atoms with Crippen LogP contribution in [0.25, 0.3) is 0 Å². The lowest BCUT2D eigenvalue weighted by Gasteiger charge is -2.70. The summed E-state index contributed by atoms with van der Waals surface area (Å²) in [5.74, 6) is -0.00710. The van der Waals surface area contributed by atoms with Gasteiger partial charge in [-0.1, -0.05) is 58.8 Å². The number of rotatable bonds is 7. The first-order valence-corrected chi connectivity index (χ1v) is 16.6. The van der Waals surface area contributed by atoms with Gasteiger partial charge in [-0.25, -0.2) is 4.79 Å². The van der Waals surface area contributed by atoms with E-state index < -0.39 is 42.1 Å². The third-order valence-electron chi connectivity index (χ3n) is 13.5. The monoisotopic (exact) mass is 604 g/mol. The van der Waals surface area contributed by atoms with Gasteiger partial charge < -0.3 is 35.0 Å². The van der Waals surface area contributed by atoms with E-state index in [4.69, 9.17) is 9.47 Å². The van der Waals surface area contributed by atoms with Crippen LogP contribution in [0.3, 0.4) is 0 Å². The van der Waals surface area contributed by atoms with Gasteiger partial charge in [-0.15, -0.1) is 0 Å². The highest BCUT2D eigenvalue weighted by Gasteiger charge is 2.70. The molecular weight excluding hydrogens is 548 g/mol. The first-order valence-electron chi connectivity index (χ1n) is 16.6. The van der Waals surface area contributed by atoms with Crippen molar-refractivity contribution in [2.45, 2.75) is 143 Å². The van der Waals surface area contributed by atoms with Gasteiger partial charge in [0.2, 0.25) is 0 Å². The zero-order chi connectivity index (χ0) is 31.7. The molecule has 12 atom stereocenters. The first-order chi connectivity index (χ1) is 20.0. The van der Waals surface area contributed by atoms with E-state index in [1.807, 2.05) is 6.08 Å². The minimum absolute atomic E-state index is 0.0239. The second kappa shape index (κ2) is 11.5. The van der Waals surface area contributed by atoms with E-state index in [-0.39, 0.29) is 34.9 Å². The Morgan fingerprint density at radius 3 is 2.42 bits per heavy atom. The molecule has 1 aliphatic heterocycles. The van der Waals surface area contributed by atoms with Crippen molar-refractivity contribution in [1.82, 2.24) is 0 Å². The number of carboxylic acid groups (broad SMARTS) is 1. The van der Waals surface area contributed by atoms with E-state index in [1.165, 1.54) is 0 Å². The van der Waals surface area contributed by atoms with Crippen LogP contribution in [0.2, 0.25) is 0 Å². The number of fused-ring (bicyclic) bond motifs is 5. The van der Waals surface area contributed by atoms with Gasteiger partial charge in [0, 0.05) is 5.57 Å². The third-order valence-corrected chi connectivity index (χ3v) is 13.5. The number of ether oxygens (including phenoxy) is 2. The highest BCUT2D eigenvalue weighted by Crippen LogP contribution is 2.75. The minimum atomic E-state index is -1.35. The molecule has 8 heteroatoms. The van der Waals surface area contributed by atoms with E-state index >= 15 is 0 Å². The van der Waals surface area contributed by atoms with Gasteiger partial charge >= 0.3 is 5.97 Å². The summed E-state index contributed by atoms with van der Waals surface area (Å²) in [6.07, 6.45) is 4.59. The van der Waals surface area contributed by atoms with Crippen LogP contribution in [0.15, 0.2) is 22.8 Å². The van der Waals surface area contributed by atoms with Crippen LogP contribution in [0.5, 0.6) is 0 Å². The quantitative estimate of drug-likeness (QED) is 0.156. The summed E-state index contributed by atoms with van der Waals surface area (Å²) >= 11 is 0. The Bertz CT molecular complexity index is 1140. The molecule has 5 N–H and O–H groups in total. The lowest BCUT2D eigenvalue weighted by atomic mass is 9.35. The van der Waals surface area contributed by atoms with Crippen molar-refractivity contribution in [2.75, 3.05) is 6.61 Å². The maximum atomic E-state index is 11.3. The van der Waals surface area contributed by atoms with Crippen molar-refractivity contribution < 1.29 is 39.8 Å². The topological polar surface area (TPSA) is 137 Å². The summed E-state index contributed by atoms with van der Waals surface area (Å²) < 4.78 is 12.5. The van der Waals surface area contributed by atoms with Crippen molar-refractivity contribution in [3.8, 4) is 0 Å². The van der Waals surface area contributed by atoms with Gasteiger partial charge in [0.05, 0.1) is 18.8 Å². The van der Waals surface area contributed by atoms with Crippen LogP contribution in [0.1, 0.15) is 106 Å². The standard InChI is InChI=1S/C35H56O8/c1-19(9-8-10-20(2)30(40)41)21-13-16-34(6)22(21)11-12-25-33(5)15-14-26(37)32(3,4)29(33)24(17-35(25,34)7)43-31-28(39)27(38)23(36)18-42-31/h10,19,23-29,31,36-39H,8-9,11-18H2,1-7H3,(H,40,41)/b20-10+/t19-,23?,24-,25+,26+,27?,28?,29-,31?,33+,34+,35+/m0/s1. The molecule has 5 aliphatic rings. The number of carbonyl (C=O) groups is 1. The van der Waals surface area contributed by atoms with E-state index in [0.717, 1.165) is 57.8 Å². The number of carboxylic acids is 1. The number of hydrogen-bond acceptors (Lipinski definition) is 7.